The zero-order valence-corrected chi connectivity index (χ0v) is 20.0. The van der Waals surface area contributed by atoms with Gasteiger partial charge in [0.05, 0.1) is 16.6 Å². The second-order valence-corrected chi connectivity index (χ2v) is 10.2. The van der Waals surface area contributed by atoms with E-state index in [1.54, 1.807) is 30.3 Å². The summed E-state index contributed by atoms with van der Waals surface area (Å²) in [6, 6.07) is 19.9. The van der Waals surface area contributed by atoms with Gasteiger partial charge in [0.1, 0.15) is 6.54 Å². The molecule has 0 heterocycles. The van der Waals surface area contributed by atoms with Crippen molar-refractivity contribution >= 4 is 21.6 Å². The van der Waals surface area contributed by atoms with Crippen LogP contribution in [0.1, 0.15) is 40.8 Å². The number of amides is 1. The van der Waals surface area contributed by atoms with Crippen LogP contribution in [0.25, 0.3) is 0 Å². The van der Waals surface area contributed by atoms with Gasteiger partial charge in [-0.1, -0.05) is 59.7 Å². The Morgan fingerprint density at radius 1 is 0.844 bits per heavy atom. The summed E-state index contributed by atoms with van der Waals surface area (Å²) < 4.78 is 28.4. The summed E-state index contributed by atoms with van der Waals surface area (Å²) in [5.74, 6) is -0.366. The summed E-state index contributed by atoms with van der Waals surface area (Å²) in [6.45, 7) is 9.23. The summed E-state index contributed by atoms with van der Waals surface area (Å²) in [6.07, 6.45) is 0. The molecule has 1 amide bonds. The number of sulfonamides is 1. The topological polar surface area (TPSA) is 66.5 Å². The molecule has 1 atom stereocenters. The van der Waals surface area contributed by atoms with Gasteiger partial charge < -0.3 is 5.32 Å². The van der Waals surface area contributed by atoms with Crippen molar-refractivity contribution in [3.8, 4) is 0 Å². The van der Waals surface area contributed by atoms with Crippen LogP contribution < -0.4 is 9.62 Å². The molecule has 0 bridgehead atoms. The molecule has 0 spiro atoms. The number of anilines is 1. The van der Waals surface area contributed by atoms with Crippen LogP contribution >= 0.6 is 0 Å². The van der Waals surface area contributed by atoms with Gasteiger partial charge in [-0.3, -0.25) is 9.10 Å². The van der Waals surface area contributed by atoms with Gasteiger partial charge in [0.25, 0.3) is 10.0 Å². The van der Waals surface area contributed by atoms with Crippen molar-refractivity contribution in [1.29, 1.82) is 0 Å². The Balaban J connectivity index is 1.94. The molecule has 0 saturated heterocycles. The van der Waals surface area contributed by atoms with Crippen LogP contribution in [0.15, 0.2) is 71.6 Å². The molecule has 3 aromatic rings. The summed E-state index contributed by atoms with van der Waals surface area (Å²) >= 11 is 0. The quantitative estimate of drug-likeness (QED) is 0.551. The highest BCUT2D eigenvalue weighted by molar-refractivity contribution is 7.92. The average molecular weight is 451 g/mol. The second-order valence-electron chi connectivity index (χ2n) is 8.31. The lowest BCUT2D eigenvalue weighted by Gasteiger charge is -2.27. The van der Waals surface area contributed by atoms with Crippen LogP contribution in [0.4, 0.5) is 5.69 Å². The van der Waals surface area contributed by atoms with Crippen molar-refractivity contribution in [3.05, 3.63) is 94.5 Å². The molecule has 0 aliphatic carbocycles. The molecule has 3 rings (SSSR count). The number of aryl methyl sites for hydroxylation is 4. The van der Waals surface area contributed by atoms with Gasteiger partial charge in [-0.05, 0) is 69.5 Å². The van der Waals surface area contributed by atoms with E-state index in [9.17, 15) is 13.2 Å². The monoisotopic (exact) mass is 450 g/mol. The molecule has 0 aliphatic rings. The minimum Gasteiger partial charge on any atom is -0.348 e. The predicted molar refractivity (Wildman–Crippen MR) is 129 cm³/mol. The molecule has 0 aliphatic heterocycles. The highest BCUT2D eigenvalue weighted by atomic mass is 32.2. The van der Waals surface area contributed by atoms with E-state index in [0.29, 0.717) is 5.69 Å². The first kappa shape index (κ1) is 23.5. The van der Waals surface area contributed by atoms with Crippen LogP contribution in [-0.2, 0) is 14.8 Å². The Morgan fingerprint density at radius 3 is 1.97 bits per heavy atom. The molecular weight excluding hydrogens is 420 g/mol. The van der Waals surface area contributed by atoms with Crippen molar-refractivity contribution in [2.24, 2.45) is 0 Å². The van der Waals surface area contributed by atoms with Crippen molar-refractivity contribution in [2.45, 2.75) is 45.6 Å². The maximum atomic E-state index is 13.6. The van der Waals surface area contributed by atoms with Crippen LogP contribution in [0.5, 0.6) is 0 Å². The van der Waals surface area contributed by atoms with E-state index < -0.39 is 10.0 Å². The maximum absolute atomic E-state index is 13.6. The Kier molecular flexibility index (Phi) is 7.04. The smallest absolute Gasteiger partial charge is 0.264 e. The van der Waals surface area contributed by atoms with E-state index in [0.717, 1.165) is 27.8 Å². The molecule has 3 aromatic carbocycles. The Labute approximate surface area is 191 Å². The number of hydrogen-bond acceptors (Lipinski definition) is 3. The first-order valence-electron chi connectivity index (χ1n) is 10.6. The van der Waals surface area contributed by atoms with Gasteiger partial charge in [0.15, 0.2) is 0 Å². The van der Waals surface area contributed by atoms with E-state index in [2.05, 4.69) is 5.32 Å². The third kappa shape index (κ3) is 5.37. The molecule has 6 heteroatoms. The predicted octanol–water partition coefficient (Wildman–Crippen LogP) is 4.99. The zero-order chi connectivity index (χ0) is 23.5. The number of carbonyl (C=O) groups excluding carboxylic acids is 1. The SMILES string of the molecule is Cc1ccc(C(C)NC(=O)CN(c2cc(C)ccc2C)S(=O)(=O)c2ccc(C)cc2)cc1. The summed E-state index contributed by atoms with van der Waals surface area (Å²) in [7, 11) is -3.94. The van der Waals surface area contributed by atoms with Gasteiger partial charge in [-0.2, -0.15) is 0 Å². The van der Waals surface area contributed by atoms with Crippen LogP contribution in [0.2, 0.25) is 0 Å². The minimum absolute atomic E-state index is 0.156. The van der Waals surface area contributed by atoms with E-state index >= 15 is 0 Å². The first-order valence-corrected chi connectivity index (χ1v) is 12.0. The lowest BCUT2D eigenvalue weighted by molar-refractivity contribution is -0.120. The van der Waals surface area contributed by atoms with Crippen molar-refractivity contribution in [3.63, 3.8) is 0 Å². The van der Waals surface area contributed by atoms with Gasteiger partial charge >= 0.3 is 0 Å². The number of nitrogens with one attached hydrogen (secondary N) is 1. The third-order valence-corrected chi connectivity index (χ3v) is 7.26. The molecule has 1 N–H and O–H groups in total. The molecular formula is C26H30N2O3S. The van der Waals surface area contributed by atoms with Crippen molar-refractivity contribution < 1.29 is 13.2 Å². The fourth-order valence-electron chi connectivity index (χ4n) is 3.48. The number of nitrogens with zero attached hydrogens (tertiary/aromatic N) is 1. The Bertz CT molecular complexity index is 1200. The van der Waals surface area contributed by atoms with E-state index in [-0.39, 0.29) is 23.4 Å². The standard InChI is InChI=1S/C26H30N2O3S/c1-18-7-12-23(13-8-18)22(5)27-26(29)17-28(25-16-20(3)6-11-21(25)4)32(30,31)24-14-9-19(2)10-15-24/h6-16,22H,17H2,1-5H3,(H,27,29). The molecule has 5 nitrogen and oxygen atoms in total. The third-order valence-electron chi connectivity index (χ3n) is 5.48. The lowest BCUT2D eigenvalue weighted by Crippen LogP contribution is -2.42. The highest BCUT2D eigenvalue weighted by Gasteiger charge is 2.28. The summed E-state index contributed by atoms with van der Waals surface area (Å²) in [4.78, 5) is 13.1. The van der Waals surface area contributed by atoms with E-state index in [4.69, 9.17) is 0 Å². The van der Waals surface area contributed by atoms with Crippen molar-refractivity contribution in [2.75, 3.05) is 10.8 Å². The largest absolute Gasteiger partial charge is 0.348 e. The minimum atomic E-state index is -3.94. The van der Waals surface area contributed by atoms with Crippen LogP contribution in [0.3, 0.4) is 0 Å². The summed E-state index contributed by atoms with van der Waals surface area (Å²) in [5, 5.41) is 2.94. The number of benzene rings is 3. The number of rotatable bonds is 7. The number of hydrogen-bond donors (Lipinski definition) is 1. The van der Waals surface area contributed by atoms with Gasteiger partial charge in [-0.25, -0.2) is 8.42 Å². The van der Waals surface area contributed by atoms with Crippen LogP contribution in [0, 0.1) is 27.7 Å². The van der Waals surface area contributed by atoms with Gasteiger partial charge in [-0.15, -0.1) is 0 Å². The van der Waals surface area contributed by atoms with E-state index in [1.165, 1.54) is 4.31 Å². The Morgan fingerprint density at radius 2 is 1.38 bits per heavy atom. The van der Waals surface area contributed by atoms with Crippen molar-refractivity contribution in [1.82, 2.24) is 5.32 Å². The molecule has 32 heavy (non-hydrogen) atoms. The fraction of sp³-hybridized carbons (Fsp3) is 0.269. The molecule has 168 valence electrons. The number of carbonyl (C=O) groups is 1. The fourth-order valence-corrected chi connectivity index (χ4v) is 4.96. The highest BCUT2D eigenvalue weighted by Crippen LogP contribution is 2.28. The van der Waals surface area contributed by atoms with Gasteiger partial charge in [0, 0.05) is 0 Å². The normalized spacial score (nSPS) is 12.3. The molecule has 1 unspecified atom stereocenters. The molecule has 0 aromatic heterocycles. The van der Waals surface area contributed by atoms with Gasteiger partial charge in [0.2, 0.25) is 5.91 Å². The molecule has 0 radical (unpaired) electrons. The Hall–Kier alpha value is -3.12. The summed E-state index contributed by atoms with van der Waals surface area (Å²) in [5.41, 5.74) is 5.27. The maximum Gasteiger partial charge on any atom is 0.264 e. The second kappa shape index (κ2) is 9.57. The van der Waals surface area contributed by atoms with Crippen LogP contribution in [-0.4, -0.2) is 20.9 Å². The first-order chi connectivity index (χ1) is 15.1. The molecule has 0 fully saturated rings. The molecule has 0 saturated carbocycles. The van der Waals surface area contributed by atoms with E-state index in [1.807, 2.05) is 71.0 Å². The zero-order valence-electron chi connectivity index (χ0n) is 19.2. The average Bonchev–Trinajstić information content (AvgIpc) is 2.74. The lowest BCUT2D eigenvalue weighted by atomic mass is 10.1.